The molecule has 0 aliphatic carbocycles. The number of ether oxygens (including phenoxy) is 1. The zero-order valence-electron chi connectivity index (χ0n) is 14.1. The number of aromatic nitrogens is 1. The minimum atomic E-state index is -0.305. The Balaban J connectivity index is 2.30. The zero-order valence-corrected chi connectivity index (χ0v) is 14.1. The molecule has 0 radical (unpaired) electrons. The Labute approximate surface area is 140 Å². The van der Waals surface area contributed by atoms with Crippen molar-refractivity contribution in [3.63, 3.8) is 0 Å². The van der Waals surface area contributed by atoms with Crippen molar-refractivity contribution < 1.29 is 14.3 Å². The van der Waals surface area contributed by atoms with Crippen molar-refractivity contribution in [1.29, 1.82) is 0 Å². The normalized spacial score (nSPS) is 10.0. The Bertz CT molecular complexity index is 759. The molecule has 0 spiro atoms. The van der Waals surface area contributed by atoms with Crippen LogP contribution in [0.15, 0.2) is 36.5 Å². The first-order valence-corrected chi connectivity index (χ1v) is 7.31. The van der Waals surface area contributed by atoms with Gasteiger partial charge >= 0.3 is 0 Å². The Morgan fingerprint density at radius 1 is 1.08 bits per heavy atom. The number of pyridine rings is 1. The van der Waals surface area contributed by atoms with Crippen molar-refractivity contribution >= 4 is 29.0 Å². The quantitative estimate of drug-likeness (QED) is 0.880. The smallest absolute Gasteiger partial charge is 0.255 e. The number of nitrogens with one attached hydrogen (secondary N) is 2. The lowest BCUT2D eigenvalue weighted by Gasteiger charge is -2.14. The van der Waals surface area contributed by atoms with Crippen molar-refractivity contribution in [2.45, 2.75) is 6.92 Å². The molecule has 2 N–H and O–H groups in total. The van der Waals surface area contributed by atoms with Gasteiger partial charge in [0, 0.05) is 38.8 Å². The van der Waals surface area contributed by atoms with Crippen LogP contribution in [-0.2, 0) is 4.79 Å². The van der Waals surface area contributed by atoms with Gasteiger partial charge in [-0.2, -0.15) is 0 Å². The molecule has 1 aromatic heterocycles. The van der Waals surface area contributed by atoms with Gasteiger partial charge in [0.1, 0.15) is 11.6 Å². The number of methoxy groups -OCH3 is 1. The third-order valence-electron chi connectivity index (χ3n) is 3.25. The molecule has 0 unspecified atom stereocenters. The van der Waals surface area contributed by atoms with Crippen LogP contribution in [0.2, 0.25) is 0 Å². The summed E-state index contributed by atoms with van der Waals surface area (Å²) < 4.78 is 5.17. The number of anilines is 3. The molecule has 0 fully saturated rings. The van der Waals surface area contributed by atoms with Crippen LogP contribution in [0.4, 0.5) is 17.2 Å². The number of hydrogen-bond donors (Lipinski definition) is 2. The van der Waals surface area contributed by atoms with Gasteiger partial charge in [0.05, 0.1) is 18.5 Å². The summed E-state index contributed by atoms with van der Waals surface area (Å²) in [6.45, 7) is 1.40. The van der Waals surface area contributed by atoms with E-state index in [4.69, 9.17) is 4.74 Å². The van der Waals surface area contributed by atoms with Crippen LogP contribution in [0, 0.1) is 0 Å². The van der Waals surface area contributed by atoms with E-state index in [1.54, 1.807) is 36.5 Å². The van der Waals surface area contributed by atoms with Crippen LogP contribution in [0.1, 0.15) is 17.3 Å². The van der Waals surface area contributed by atoms with Gasteiger partial charge in [0.2, 0.25) is 5.91 Å². The van der Waals surface area contributed by atoms with Gasteiger partial charge < -0.3 is 20.3 Å². The predicted octanol–water partition coefficient (Wildman–Crippen LogP) is 2.37. The largest absolute Gasteiger partial charge is 0.497 e. The summed E-state index contributed by atoms with van der Waals surface area (Å²) >= 11 is 0. The highest BCUT2D eigenvalue weighted by atomic mass is 16.5. The van der Waals surface area contributed by atoms with Crippen molar-refractivity contribution in [3.05, 3.63) is 42.1 Å². The molecule has 7 nitrogen and oxygen atoms in total. The lowest BCUT2D eigenvalue weighted by atomic mass is 10.2. The summed E-state index contributed by atoms with van der Waals surface area (Å²) in [7, 11) is 5.23. The Morgan fingerprint density at radius 3 is 2.46 bits per heavy atom. The number of carbonyl (C=O) groups excluding carboxylic acids is 2. The van der Waals surface area contributed by atoms with Gasteiger partial charge in [-0.05, 0) is 24.3 Å². The van der Waals surface area contributed by atoms with Gasteiger partial charge in [-0.25, -0.2) is 4.98 Å². The zero-order chi connectivity index (χ0) is 17.7. The van der Waals surface area contributed by atoms with Crippen LogP contribution in [0.5, 0.6) is 5.75 Å². The third kappa shape index (κ3) is 4.22. The van der Waals surface area contributed by atoms with Crippen LogP contribution < -0.4 is 20.3 Å². The second-order valence-electron chi connectivity index (χ2n) is 5.34. The maximum Gasteiger partial charge on any atom is 0.255 e. The maximum absolute atomic E-state index is 12.5. The van der Waals surface area contributed by atoms with Gasteiger partial charge in [-0.15, -0.1) is 0 Å². The monoisotopic (exact) mass is 328 g/mol. The molecule has 2 amide bonds. The molecule has 0 bridgehead atoms. The first kappa shape index (κ1) is 17.3. The van der Waals surface area contributed by atoms with E-state index in [1.807, 2.05) is 19.0 Å². The third-order valence-corrected chi connectivity index (χ3v) is 3.25. The molecule has 1 aromatic carbocycles. The average molecular weight is 328 g/mol. The van der Waals surface area contributed by atoms with Crippen LogP contribution in [0.25, 0.3) is 0 Å². The molecular weight excluding hydrogens is 308 g/mol. The van der Waals surface area contributed by atoms with Crippen molar-refractivity contribution in [1.82, 2.24) is 4.98 Å². The van der Waals surface area contributed by atoms with E-state index in [1.165, 1.54) is 14.0 Å². The fraction of sp³-hybridized carbons (Fsp3) is 0.235. The van der Waals surface area contributed by atoms with Gasteiger partial charge in [0.15, 0.2) is 0 Å². The maximum atomic E-state index is 12.5. The molecule has 24 heavy (non-hydrogen) atoms. The minimum absolute atomic E-state index is 0.227. The number of hydrogen-bond acceptors (Lipinski definition) is 5. The summed E-state index contributed by atoms with van der Waals surface area (Å²) in [5.41, 5.74) is 1.42. The summed E-state index contributed by atoms with van der Waals surface area (Å²) in [4.78, 5) is 29.8. The summed E-state index contributed by atoms with van der Waals surface area (Å²) in [5.74, 6) is 0.716. The molecule has 7 heteroatoms. The van der Waals surface area contributed by atoms with E-state index in [0.717, 1.165) is 0 Å². The number of carbonyl (C=O) groups is 2. The van der Waals surface area contributed by atoms with Gasteiger partial charge in [-0.3, -0.25) is 9.59 Å². The average Bonchev–Trinajstić information content (AvgIpc) is 2.56. The van der Waals surface area contributed by atoms with Crippen molar-refractivity contribution in [3.8, 4) is 5.75 Å². The summed E-state index contributed by atoms with van der Waals surface area (Å²) in [5, 5.41) is 5.47. The van der Waals surface area contributed by atoms with Crippen molar-refractivity contribution in [2.75, 3.05) is 36.7 Å². The first-order chi connectivity index (χ1) is 11.4. The molecule has 0 aliphatic heterocycles. The fourth-order valence-electron chi connectivity index (χ4n) is 2.05. The highest BCUT2D eigenvalue weighted by Crippen LogP contribution is 2.27. The molecule has 2 aromatic rings. The highest BCUT2D eigenvalue weighted by molar-refractivity contribution is 6.07. The van der Waals surface area contributed by atoms with E-state index >= 15 is 0 Å². The first-order valence-electron chi connectivity index (χ1n) is 7.31. The lowest BCUT2D eigenvalue weighted by Crippen LogP contribution is -2.17. The predicted molar refractivity (Wildman–Crippen MR) is 93.8 cm³/mol. The number of amides is 2. The molecule has 0 saturated carbocycles. The Kier molecular flexibility index (Phi) is 5.36. The SMILES string of the molecule is COc1ccc(NC(C)=O)c(NC(=O)c2ccnc(N(C)C)c2)c1. The molecule has 0 atom stereocenters. The molecule has 126 valence electrons. The molecule has 1 heterocycles. The van der Waals surface area contributed by atoms with E-state index in [-0.39, 0.29) is 11.8 Å². The topological polar surface area (TPSA) is 83.6 Å². The van der Waals surface area contributed by atoms with E-state index < -0.39 is 0 Å². The highest BCUT2D eigenvalue weighted by Gasteiger charge is 2.12. The van der Waals surface area contributed by atoms with Gasteiger partial charge in [-0.1, -0.05) is 0 Å². The second-order valence-corrected chi connectivity index (χ2v) is 5.34. The van der Waals surface area contributed by atoms with Crippen LogP contribution >= 0.6 is 0 Å². The minimum Gasteiger partial charge on any atom is -0.497 e. The van der Waals surface area contributed by atoms with E-state index in [0.29, 0.717) is 28.5 Å². The van der Waals surface area contributed by atoms with E-state index in [9.17, 15) is 9.59 Å². The molecular formula is C17H20N4O3. The number of rotatable bonds is 5. The standard InChI is InChI=1S/C17H20N4O3/c1-11(22)19-14-6-5-13(24-4)10-15(14)20-17(23)12-7-8-18-16(9-12)21(2)3/h5-10H,1-4H3,(H,19,22)(H,20,23). The number of nitrogens with zero attached hydrogens (tertiary/aromatic N) is 2. The second kappa shape index (κ2) is 7.45. The lowest BCUT2D eigenvalue weighted by molar-refractivity contribution is -0.114. The van der Waals surface area contributed by atoms with Crippen LogP contribution in [-0.4, -0.2) is 38.0 Å². The van der Waals surface area contributed by atoms with Gasteiger partial charge in [0.25, 0.3) is 5.91 Å². The fourth-order valence-corrected chi connectivity index (χ4v) is 2.05. The summed E-state index contributed by atoms with van der Waals surface area (Å²) in [6, 6.07) is 8.34. The van der Waals surface area contributed by atoms with Crippen molar-refractivity contribution in [2.24, 2.45) is 0 Å². The van der Waals surface area contributed by atoms with E-state index in [2.05, 4.69) is 15.6 Å². The van der Waals surface area contributed by atoms with Crippen LogP contribution in [0.3, 0.4) is 0 Å². The Hall–Kier alpha value is -3.09. The number of benzene rings is 1. The Morgan fingerprint density at radius 2 is 1.83 bits per heavy atom. The molecule has 0 aliphatic rings. The molecule has 2 rings (SSSR count). The summed E-state index contributed by atoms with van der Waals surface area (Å²) in [6.07, 6.45) is 1.57. The molecule has 0 saturated heterocycles.